The van der Waals surface area contributed by atoms with Gasteiger partial charge in [0.25, 0.3) is 0 Å². The molecular weight excluding hydrogens is 494 g/mol. The molecule has 0 aliphatic rings. The van der Waals surface area contributed by atoms with Crippen molar-refractivity contribution in [2.45, 2.75) is 12.8 Å². The van der Waals surface area contributed by atoms with E-state index in [1.54, 1.807) is 49.1 Å². The van der Waals surface area contributed by atoms with Gasteiger partial charge in [-0.05, 0) is 24.1 Å². The van der Waals surface area contributed by atoms with Crippen LogP contribution in [0.5, 0.6) is 0 Å². The second-order valence-corrected chi connectivity index (χ2v) is 7.81. The maximum absolute atomic E-state index is 10.0. The molecule has 0 atom stereocenters. The standard InChI is InChI=1S/C14H13N5.C7H6O.C6H6N6/c1-2-5-11(6-3-1)7-8-12-17-14(19-18-12)13-15-9-4-10-16-13;8-6-7-4-2-1-3-5-7;7-6-10-5(11-12-6)4-8-2-1-3-9-4/h1-6,9-10H,7-8H2,(H,17,18,19);1-6H;1-3H,(H3,7,10,11,12). The third kappa shape index (κ3) is 8.46. The lowest BCUT2D eigenvalue weighted by Gasteiger charge is -1.97. The van der Waals surface area contributed by atoms with Crippen LogP contribution in [0.3, 0.4) is 0 Å². The number of aldehydes is 1. The SMILES string of the molecule is Nc1n[nH]c(-c2ncccn2)n1.O=Cc1ccccc1.c1ccc(CCc2nc(-c3ncccn3)n[nH]2)cc1. The van der Waals surface area contributed by atoms with Crippen LogP contribution in [0.25, 0.3) is 23.3 Å². The minimum Gasteiger partial charge on any atom is -0.366 e. The molecule has 39 heavy (non-hydrogen) atoms. The molecule has 6 aromatic rings. The Morgan fingerprint density at radius 1 is 0.641 bits per heavy atom. The van der Waals surface area contributed by atoms with Gasteiger partial charge >= 0.3 is 0 Å². The average molecular weight is 520 g/mol. The monoisotopic (exact) mass is 519 g/mol. The first kappa shape index (κ1) is 26.4. The highest BCUT2D eigenvalue weighted by Crippen LogP contribution is 2.09. The highest BCUT2D eigenvalue weighted by molar-refractivity contribution is 5.74. The van der Waals surface area contributed by atoms with Crippen molar-refractivity contribution >= 4 is 12.2 Å². The van der Waals surface area contributed by atoms with Gasteiger partial charge in [-0.2, -0.15) is 4.98 Å². The minimum atomic E-state index is 0.192. The Labute approximate surface area is 223 Å². The number of aryl methyl sites for hydroxylation is 2. The van der Waals surface area contributed by atoms with Crippen LogP contribution in [0.4, 0.5) is 5.95 Å². The molecule has 0 aliphatic heterocycles. The number of carbonyl (C=O) groups is 1. The average Bonchev–Trinajstić information content (AvgIpc) is 3.68. The van der Waals surface area contributed by atoms with Crippen LogP contribution in [-0.4, -0.2) is 56.6 Å². The van der Waals surface area contributed by atoms with Gasteiger partial charge in [-0.25, -0.2) is 24.9 Å². The number of benzene rings is 2. The van der Waals surface area contributed by atoms with Crippen LogP contribution >= 0.6 is 0 Å². The van der Waals surface area contributed by atoms with Gasteiger partial charge in [-0.3, -0.25) is 15.0 Å². The predicted octanol–water partition coefficient (Wildman–Crippen LogP) is 3.39. The maximum Gasteiger partial charge on any atom is 0.239 e. The Hall–Kier alpha value is -5.65. The Kier molecular flexibility index (Phi) is 9.60. The predicted molar refractivity (Wildman–Crippen MR) is 145 cm³/mol. The summed E-state index contributed by atoms with van der Waals surface area (Å²) in [7, 11) is 0. The van der Waals surface area contributed by atoms with Crippen LogP contribution in [0.2, 0.25) is 0 Å². The van der Waals surface area contributed by atoms with Crippen molar-refractivity contribution in [3.8, 4) is 23.3 Å². The lowest BCUT2D eigenvalue weighted by atomic mass is 10.1. The van der Waals surface area contributed by atoms with Gasteiger partial charge in [0, 0.05) is 36.8 Å². The summed E-state index contributed by atoms with van der Waals surface area (Å²) in [6.07, 6.45) is 9.21. The van der Waals surface area contributed by atoms with E-state index in [2.05, 4.69) is 62.4 Å². The van der Waals surface area contributed by atoms with Crippen LogP contribution < -0.4 is 5.73 Å². The Morgan fingerprint density at radius 3 is 1.82 bits per heavy atom. The van der Waals surface area contributed by atoms with Crippen molar-refractivity contribution in [2.75, 3.05) is 5.73 Å². The van der Waals surface area contributed by atoms with Crippen molar-refractivity contribution in [3.63, 3.8) is 0 Å². The Morgan fingerprint density at radius 2 is 1.26 bits per heavy atom. The molecule has 12 nitrogen and oxygen atoms in total. The number of hydrogen-bond donors (Lipinski definition) is 3. The highest BCUT2D eigenvalue weighted by atomic mass is 16.1. The summed E-state index contributed by atoms with van der Waals surface area (Å²) in [5.74, 6) is 3.10. The molecule has 0 unspecified atom stereocenters. The van der Waals surface area contributed by atoms with Crippen molar-refractivity contribution in [1.29, 1.82) is 0 Å². The lowest BCUT2D eigenvalue weighted by molar-refractivity contribution is 0.112. The van der Waals surface area contributed by atoms with Crippen molar-refractivity contribution < 1.29 is 4.79 Å². The zero-order chi connectivity index (χ0) is 27.1. The molecule has 0 aliphatic carbocycles. The minimum absolute atomic E-state index is 0.192. The fourth-order valence-corrected chi connectivity index (χ4v) is 3.16. The highest BCUT2D eigenvalue weighted by Gasteiger charge is 2.08. The summed E-state index contributed by atoms with van der Waals surface area (Å²) in [4.78, 5) is 34.5. The first-order valence-corrected chi connectivity index (χ1v) is 11.9. The summed E-state index contributed by atoms with van der Waals surface area (Å²) >= 11 is 0. The topological polar surface area (TPSA) is 178 Å². The van der Waals surface area contributed by atoms with E-state index in [9.17, 15) is 4.79 Å². The molecule has 0 spiro atoms. The van der Waals surface area contributed by atoms with E-state index < -0.39 is 0 Å². The normalized spacial score (nSPS) is 9.95. The number of nitrogen functional groups attached to an aromatic ring is 1. The summed E-state index contributed by atoms with van der Waals surface area (Å²) in [6.45, 7) is 0. The molecular formula is C27H25N11O. The third-order valence-electron chi connectivity index (χ3n) is 5.01. The summed E-state index contributed by atoms with van der Waals surface area (Å²) in [5, 5.41) is 13.3. The molecule has 4 aromatic heterocycles. The van der Waals surface area contributed by atoms with Crippen LogP contribution in [-0.2, 0) is 12.8 Å². The fourth-order valence-electron chi connectivity index (χ4n) is 3.16. The summed E-state index contributed by atoms with van der Waals surface area (Å²) in [5.41, 5.74) is 7.32. The Balaban J connectivity index is 0.000000150. The van der Waals surface area contributed by atoms with Gasteiger partial charge in [-0.1, -0.05) is 60.7 Å². The quantitative estimate of drug-likeness (QED) is 0.276. The molecule has 12 heteroatoms. The second-order valence-electron chi connectivity index (χ2n) is 7.81. The van der Waals surface area contributed by atoms with E-state index in [0.29, 0.717) is 23.3 Å². The van der Waals surface area contributed by atoms with Gasteiger partial charge in [0.1, 0.15) is 12.1 Å². The smallest absolute Gasteiger partial charge is 0.239 e. The number of H-pyrrole nitrogens is 2. The van der Waals surface area contributed by atoms with Crippen LogP contribution in [0, 0.1) is 0 Å². The molecule has 0 fully saturated rings. The molecule has 0 bridgehead atoms. The van der Waals surface area contributed by atoms with E-state index in [0.717, 1.165) is 30.5 Å². The van der Waals surface area contributed by atoms with Crippen molar-refractivity contribution in [1.82, 2.24) is 50.3 Å². The van der Waals surface area contributed by atoms with Crippen LogP contribution in [0.15, 0.2) is 97.6 Å². The second kappa shape index (κ2) is 14.2. The van der Waals surface area contributed by atoms with E-state index in [1.165, 1.54) is 5.56 Å². The largest absolute Gasteiger partial charge is 0.366 e. The van der Waals surface area contributed by atoms with Gasteiger partial charge in [0.05, 0.1) is 0 Å². The van der Waals surface area contributed by atoms with E-state index in [1.807, 2.05) is 36.4 Å². The molecule has 4 heterocycles. The molecule has 0 amide bonds. The number of rotatable bonds is 6. The van der Waals surface area contributed by atoms with Crippen LogP contribution in [0.1, 0.15) is 21.7 Å². The maximum atomic E-state index is 10.0. The number of nitrogens with one attached hydrogen (secondary N) is 2. The first-order valence-electron chi connectivity index (χ1n) is 11.9. The number of aromatic nitrogens is 10. The van der Waals surface area contributed by atoms with Crippen molar-refractivity contribution in [2.24, 2.45) is 0 Å². The molecule has 2 aromatic carbocycles. The molecule has 0 saturated heterocycles. The summed E-state index contributed by atoms with van der Waals surface area (Å²) < 4.78 is 0. The van der Waals surface area contributed by atoms with E-state index in [4.69, 9.17) is 5.73 Å². The number of anilines is 1. The third-order valence-corrected chi connectivity index (χ3v) is 5.01. The zero-order valence-electron chi connectivity index (χ0n) is 20.8. The van der Waals surface area contributed by atoms with Gasteiger partial charge in [-0.15, -0.1) is 10.2 Å². The van der Waals surface area contributed by atoms with Crippen molar-refractivity contribution in [3.05, 3.63) is 115 Å². The number of nitrogens with two attached hydrogens (primary N) is 1. The van der Waals surface area contributed by atoms with Gasteiger partial charge in [0.2, 0.25) is 11.8 Å². The number of carbonyl (C=O) groups excluding carboxylic acids is 1. The molecule has 6 rings (SSSR count). The first-order chi connectivity index (χ1) is 19.2. The summed E-state index contributed by atoms with van der Waals surface area (Å²) in [6, 6.07) is 22.9. The molecule has 4 N–H and O–H groups in total. The Bertz CT molecular complexity index is 1520. The molecule has 0 saturated carbocycles. The number of aromatic amines is 2. The van der Waals surface area contributed by atoms with E-state index in [-0.39, 0.29) is 5.95 Å². The van der Waals surface area contributed by atoms with Gasteiger partial charge < -0.3 is 5.73 Å². The zero-order valence-corrected chi connectivity index (χ0v) is 20.8. The lowest BCUT2D eigenvalue weighted by Crippen LogP contribution is -1.93. The number of hydrogen-bond acceptors (Lipinski definition) is 10. The number of nitrogens with zero attached hydrogens (tertiary/aromatic N) is 8. The van der Waals surface area contributed by atoms with E-state index >= 15 is 0 Å². The molecule has 0 radical (unpaired) electrons. The fraction of sp³-hybridized carbons (Fsp3) is 0.0741. The molecule has 194 valence electrons. The van der Waals surface area contributed by atoms with Gasteiger partial charge in [0.15, 0.2) is 17.5 Å².